The summed E-state index contributed by atoms with van der Waals surface area (Å²) in [7, 11) is 1.68. The normalized spacial score (nSPS) is 11.9. The first-order chi connectivity index (χ1) is 9.91. The molecule has 0 saturated carbocycles. The molecular formula is C17H30N2O2. The van der Waals surface area contributed by atoms with Crippen molar-refractivity contribution >= 4 is 0 Å². The van der Waals surface area contributed by atoms with Gasteiger partial charge in [0.15, 0.2) is 0 Å². The lowest BCUT2D eigenvalue weighted by molar-refractivity contribution is 0.199. The molecule has 1 heterocycles. The molecule has 0 aromatic carbocycles. The van der Waals surface area contributed by atoms with Gasteiger partial charge in [-0.1, -0.05) is 40.2 Å². The Hall–Kier alpha value is -1.13. The van der Waals surface area contributed by atoms with Gasteiger partial charge in [0.25, 0.3) is 5.56 Å². The van der Waals surface area contributed by atoms with E-state index in [1.807, 2.05) is 10.6 Å². The predicted octanol–water partition coefficient (Wildman–Crippen LogP) is 2.68. The molecule has 0 radical (unpaired) electrons. The minimum absolute atomic E-state index is 0.0189. The van der Waals surface area contributed by atoms with Crippen LogP contribution in [0.5, 0.6) is 0 Å². The first kappa shape index (κ1) is 17.9. The summed E-state index contributed by atoms with van der Waals surface area (Å²) in [6.07, 6.45) is 2.12. The monoisotopic (exact) mass is 294 g/mol. The first-order valence-corrected chi connectivity index (χ1v) is 7.84. The van der Waals surface area contributed by atoms with Gasteiger partial charge in [0.2, 0.25) is 0 Å². The Morgan fingerprint density at radius 2 is 2.00 bits per heavy atom. The molecule has 4 heteroatoms. The SMILES string of the molecule is CCCCn1c(C(C)(C)C)ccc(CNCCOC)c1=O. The molecule has 4 nitrogen and oxygen atoms in total. The highest BCUT2D eigenvalue weighted by Crippen LogP contribution is 2.21. The van der Waals surface area contributed by atoms with Crippen LogP contribution < -0.4 is 10.9 Å². The number of nitrogens with zero attached hydrogens (tertiary/aromatic N) is 1. The molecular weight excluding hydrogens is 264 g/mol. The molecule has 1 N–H and O–H groups in total. The summed E-state index contributed by atoms with van der Waals surface area (Å²) >= 11 is 0. The number of rotatable bonds is 8. The molecule has 1 rings (SSSR count). The van der Waals surface area contributed by atoms with Crippen molar-refractivity contribution in [1.82, 2.24) is 9.88 Å². The number of ether oxygens (including phenoxy) is 1. The van der Waals surface area contributed by atoms with Gasteiger partial charge in [-0.25, -0.2) is 0 Å². The summed E-state index contributed by atoms with van der Waals surface area (Å²) in [5.41, 5.74) is 2.06. The largest absolute Gasteiger partial charge is 0.383 e. The van der Waals surface area contributed by atoms with Gasteiger partial charge in [-0.2, -0.15) is 0 Å². The van der Waals surface area contributed by atoms with Crippen LogP contribution in [0.4, 0.5) is 0 Å². The van der Waals surface area contributed by atoms with Gasteiger partial charge in [0.1, 0.15) is 0 Å². The van der Waals surface area contributed by atoms with Crippen LogP contribution in [0, 0.1) is 0 Å². The first-order valence-electron chi connectivity index (χ1n) is 7.84. The van der Waals surface area contributed by atoms with Crippen LogP contribution in [0.25, 0.3) is 0 Å². The van der Waals surface area contributed by atoms with E-state index in [1.165, 1.54) is 0 Å². The fraction of sp³-hybridized carbons (Fsp3) is 0.706. The average Bonchev–Trinajstić information content (AvgIpc) is 2.42. The highest BCUT2D eigenvalue weighted by atomic mass is 16.5. The van der Waals surface area contributed by atoms with Gasteiger partial charge in [-0.05, 0) is 12.5 Å². The van der Waals surface area contributed by atoms with Crippen LogP contribution >= 0.6 is 0 Å². The van der Waals surface area contributed by atoms with E-state index in [-0.39, 0.29) is 11.0 Å². The quantitative estimate of drug-likeness (QED) is 0.750. The number of hydrogen-bond donors (Lipinski definition) is 1. The zero-order valence-electron chi connectivity index (χ0n) is 14.2. The Morgan fingerprint density at radius 1 is 1.29 bits per heavy atom. The van der Waals surface area contributed by atoms with Gasteiger partial charge >= 0.3 is 0 Å². The number of pyridine rings is 1. The minimum Gasteiger partial charge on any atom is -0.383 e. The van der Waals surface area contributed by atoms with E-state index < -0.39 is 0 Å². The van der Waals surface area contributed by atoms with Crippen molar-refractivity contribution in [2.75, 3.05) is 20.3 Å². The predicted molar refractivity (Wildman–Crippen MR) is 87.9 cm³/mol. The molecule has 0 aliphatic carbocycles. The van der Waals surface area contributed by atoms with E-state index in [4.69, 9.17) is 4.74 Å². The Balaban J connectivity index is 3.00. The van der Waals surface area contributed by atoms with Gasteiger partial charge in [0.05, 0.1) is 6.61 Å². The fourth-order valence-corrected chi connectivity index (χ4v) is 2.35. The van der Waals surface area contributed by atoms with Crippen molar-refractivity contribution in [1.29, 1.82) is 0 Å². The molecule has 0 bridgehead atoms. The third kappa shape index (κ3) is 5.29. The summed E-state index contributed by atoms with van der Waals surface area (Å²) in [5.74, 6) is 0. The van der Waals surface area contributed by atoms with Crippen LogP contribution in [0.15, 0.2) is 16.9 Å². The van der Waals surface area contributed by atoms with Crippen LogP contribution in [0.2, 0.25) is 0 Å². The second-order valence-corrected chi connectivity index (χ2v) is 6.47. The topological polar surface area (TPSA) is 43.3 Å². The second-order valence-electron chi connectivity index (χ2n) is 6.47. The van der Waals surface area contributed by atoms with Crippen molar-refractivity contribution in [3.8, 4) is 0 Å². The number of methoxy groups -OCH3 is 1. The van der Waals surface area contributed by atoms with Crippen LogP contribution in [-0.2, 0) is 23.2 Å². The van der Waals surface area contributed by atoms with Crippen LogP contribution in [0.3, 0.4) is 0 Å². The highest BCUT2D eigenvalue weighted by molar-refractivity contribution is 5.21. The van der Waals surface area contributed by atoms with Crippen molar-refractivity contribution < 1.29 is 4.74 Å². The molecule has 0 spiro atoms. The van der Waals surface area contributed by atoms with Crippen molar-refractivity contribution in [2.45, 2.75) is 59.0 Å². The van der Waals surface area contributed by atoms with E-state index in [0.29, 0.717) is 13.2 Å². The lowest BCUT2D eigenvalue weighted by Crippen LogP contribution is -2.33. The summed E-state index contributed by atoms with van der Waals surface area (Å²) in [6, 6.07) is 4.07. The Morgan fingerprint density at radius 3 is 2.57 bits per heavy atom. The molecule has 0 aliphatic heterocycles. The molecule has 0 atom stereocenters. The number of unbranched alkanes of at least 4 members (excludes halogenated alkanes) is 1. The van der Waals surface area contributed by atoms with Crippen molar-refractivity contribution in [3.05, 3.63) is 33.7 Å². The number of nitrogens with one attached hydrogen (secondary N) is 1. The van der Waals surface area contributed by atoms with Gasteiger partial charge < -0.3 is 14.6 Å². The smallest absolute Gasteiger partial charge is 0.255 e. The fourth-order valence-electron chi connectivity index (χ4n) is 2.35. The molecule has 0 amide bonds. The Bertz CT molecular complexity index is 487. The molecule has 0 unspecified atom stereocenters. The molecule has 120 valence electrons. The zero-order valence-corrected chi connectivity index (χ0v) is 14.2. The van der Waals surface area contributed by atoms with Gasteiger partial charge in [0, 0.05) is 43.4 Å². The summed E-state index contributed by atoms with van der Waals surface area (Å²) in [6.45, 7) is 11.4. The average molecular weight is 294 g/mol. The molecule has 1 aromatic heterocycles. The van der Waals surface area contributed by atoms with Crippen LogP contribution in [-0.4, -0.2) is 24.8 Å². The lowest BCUT2D eigenvalue weighted by Gasteiger charge is -2.25. The second kappa shape index (κ2) is 8.35. The van der Waals surface area contributed by atoms with E-state index in [9.17, 15) is 4.79 Å². The zero-order chi connectivity index (χ0) is 15.9. The number of aromatic nitrogens is 1. The maximum absolute atomic E-state index is 12.7. The molecule has 0 saturated heterocycles. The summed E-state index contributed by atoms with van der Waals surface area (Å²) < 4.78 is 6.96. The van der Waals surface area contributed by atoms with E-state index in [0.717, 1.165) is 37.2 Å². The number of hydrogen-bond acceptors (Lipinski definition) is 3. The van der Waals surface area contributed by atoms with Crippen molar-refractivity contribution in [2.24, 2.45) is 0 Å². The standard InChI is InChI=1S/C17H30N2O2/c1-6-7-11-19-15(17(2,3)4)9-8-14(16(19)20)13-18-10-12-21-5/h8-9,18H,6-7,10-13H2,1-5H3. The van der Waals surface area contributed by atoms with E-state index in [2.05, 4.69) is 39.1 Å². The minimum atomic E-state index is -0.0189. The third-order valence-corrected chi connectivity index (χ3v) is 3.56. The van der Waals surface area contributed by atoms with Crippen molar-refractivity contribution in [3.63, 3.8) is 0 Å². The molecule has 21 heavy (non-hydrogen) atoms. The van der Waals surface area contributed by atoms with E-state index in [1.54, 1.807) is 7.11 Å². The molecule has 1 aromatic rings. The van der Waals surface area contributed by atoms with Crippen LogP contribution in [0.1, 0.15) is 51.8 Å². The molecule has 0 fully saturated rings. The lowest BCUT2D eigenvalue weighted by atomic mass is 9.90. The van der Waals surface area contributed by atoms with Gasteiger partial charge in [-0.15, -0.1) is 0 Å². The third-order valence-electron chi connectivity index (χ3n) is 3.56. The summed E-state index contributed by atoms with van der Waals surface area (Å²) in [4.78, 5) is 12.7. The highest BCUT2D eigenvalue weighted by Gasteiger charge is 2.19. The maximum Gasteiger partial charge on any atom is 0.255 e. The maximum atomic E-state index is 12.7. The summed E-state index contributed by atoms with van der Waals surface area (Å²) in [5, 5.41) is 3.25. The van der Waals surface area contributed by atoms with E-state index >= 15 is 0 Å². The molecule has 0 aliphatic rings. The van der Waals surface area contributed by atoms with Gasteiger partial charge in [-0.3, -0.25) is 4.79 Å². The Labute approximate surface area is 128 Å². The Kier molecular flexibility index (Phi) is 7.12.